The van der Waals surface area contributed by atoms with E-state index in [1.807, 2.05) is 28.8 Å². The lowest BCUT2D eigenvalue weighted by atomic mass is 10.1. The van der Waals surface area contributed by atoms with E-state index in [2.05, 4.69) is 62.1 Å². The number of H-pyrrole nitrogens is 1. The van der Waals surface area contributed by atoms with Crippen LogP contribution in [-0.2, 0) is 13.0 Å². The van der Waals surface area contributed by atoms with Gasteiger partial charge in [0.05, 0.1) is 6.54 Å². The van der Waals surface area contributed by atoms with Gasteiger partial charge in [-0.2, -0.15) is 0 Å². The smallest absolute Gasteiger partial charge is 0.191 e. The van der Waals surface area contributed by atoms with E-state index in [1.54, 1.807) is 7.05 Å². The summed E-state index contributed by atoms with van der Waals surface area (Å²) in [4.78, 5) is 7.64. The Morgan fingerprint density at radius 3 is 2.93 bits per heavy atom. The van der Waals surface area contributed by atoms with Crippen molar-refractivity contribution in [3.63, 3.8) is 0 Å². The SMILES string of the molecule is CN=C(NCCc1c[nH]c2cc(C)ccc12)NCc1nnc2ccccn12.I. The van der Waals surface area contributed by atoms with Crippen molar-refractivity contribution in [3.8, 4) is 0 Å². The van der Waals surface area contributed by atoms with Crippen LogP contribution in [0.2, 0.25) is 0 Å². The number of halogens is 1. The number of rotatable bonds is 5. The summed E-state index contributed by atoms with van der Waals surface area (Å²) in [5.74, 6) is 1.60. The Kier molecular flexibility index (Phi) is 6.50. The lowest BCUT2D eigenvalue weighted by Crippen LogP contribution is -2.38. The second-order valence-electron chi connectivity index (χ2n) is 6.51. The molecular formula is C20H24IN7. The molecule has 0 fully saturated rings. The van der Waals surface area contributed by atoms with Gasteiger partial charge in [0.2, 0.25) is 0 Å². The predicted octanol–water partition coefficient (Wildman–Crippen LogP) is 3.04. The second kappa shape index (κ2) is 9.05. The minimum atomic E-state index is 0. The summed E-state index contributed by atoms with van der Waals surface area (Å²) in [7, 11) is 1.77. The van der Waals surface area contributed by atoms with Crippen LogP contribution in [-0.4, -0.2) is 39.1 Å². The zero-order valence-corrected chi connectivity index (χ0v) is 18.3. The average molecular weight is 489 g/mol. The molecule has 0 amide bonds. The second-order valence-corrected chi connectivity index (χ2v) is 6.51. The lowest BCUT2D eigenvalue weighted by molar-refractivity contribution is 0.758. The summed E-state index contributed by atoms with van der Waals surface area (Å²) >= 11 is 0. The third-order valence-corrected chi connectivity index (χ3v) is 4.63. The molecule has 0 bridgehead atoms. The Morgan fingerprint density at radius 1 is 1.18 bits per heavy atom. The number of fused-ring (bicyclic) bond motifs is 2. The minimum absolute atomic E-state index is 0. The molecule has 0 aliphatic heterocycles. The van der Waals surface area contributed by atoms with Crippen molar-refractivity contribution in [1.82, 2.24) is 30.2 Å². The molecule has 0 radical (unpaired) electrons. The molecule has 1 aromatic carbocycles. The monoisotopic (exact) mass is 489 g/mol. The third-order valence-electron chi connectivity index (χ3n) is 4.63. The van der Waals surface area contributed by atoms with Crippen molar-refractivity contribution in [1.29, 1.82) is 0 Å². The van der Waals surface area contributed by atoms with Crippen LogP contribution in [0.3, 0.4) is 0 Å². The maximum Gasteiger partial charge on any atom is 0.191 e. The molecule has 0 saturated heterocycles. The molecule has 0 saturated carbocycles. The van der Waals surface area contributed by atoms with E-state index in [4.69, 9.17) is 0 Å². The van der Waals surface area contributed by atoms with Crippen LogP contribution in [0, 0.1) is 6.92 Å². The van der Waals surface area contributed by atoms with Gasteiger partial charge < -0.3 is 15.6 Å². The van der Waals surface area contributed by atoms with Crippen molar-refractivity contribution >= 4 is 46.5 Å². The van der Waals surface area contributed by atoms with E-state index in [9.17, 15) is 0 Å². The molecule has 0 spiro atoms. The first-order chi connectivity index (χ1) is 13.2. The number of nitrogens with one attached hydrogen (secondary N) is 3. The molecule has 7 nitrogen and oxygen atoms in total. The van der Waals surface area contributed by atoms with Crippen molar-refractivity contribution in [3.05, 3.63) is 65.7 Å². The molecule has 4 aromatic rings. The fraction of sp³-hybridized carbons (Fsp3) is 0.250. The largest absolute Gasteiger partial charge is 0.361 e. The summed E-state index contributed by atoms with van der Waals surface area (Å²) in [5.41, 5.74) is 4.59. The molecule has 4 rings (SSSR count). The summed E-state index contributed by atoms with van der Waals surface area (Å²) in [6, 6.07) is 12.4. The fourth-order valence-corrected chi connectivity index (χ4v) is 3.22. The highest BCUT2D eigenvalue weighted by Crippen LogP contribution is 2.19. The van der Waals surface area contributed by atoms with Gasteiger partial charge in [0, 0.05) is 36.9 Å². The number of nitrogens with zero attached hydrogens (tertiary/aromatic N) is 4. The van der Waals surface area contributed by atoms with Crippen LogP contribution in [0.15, 0.2) is 53.8 Å². The van der Waals surface area contributed by atoms with E-state index in [1.165, 1.54) is 22.0 Å². The number of aliphatic imine (C=N–C) groups is 1. The zero-order chi connectivity index (χ0) is 18.6. The number of aromatic nitrogens is 4. The van der Waals surface area contributed by atoms with Gasteiger partial charge in [-0.3, -0.25) is 9.39 Å². The third kappa shape index (κ3) is 4.27. The first kappa shape index (κ1) is 20.1. The maximum absolute atomic E-state index is 4.29. The summed E-state index contributed by atoms with van der Waals surface area (Å²) in [6.07, 6.45) is 4.96. The molecule has 8 heteroatoms. The summed E-state index contributed by atoms with van der Waals surface area (Å²) in [5, 5.41) is 16.3. The van der Waals surface area contributed by atoms with Crippen LogP contribution >= 0.6 is 24.0 Å². The standard InChI is InChI=1S/C20H23N7.HI/c1-14-6-7-16-15(12-23-17(16)11-14)8-9-22-20(21-2)24-13-19-26-25-18-5-3-4-10-27(18)19;/h3-7,10-12,23H,8-9,13H2,1-2H3,(H2,21,22,24);1H. The molecule has 146 valence electrons. The lowest BCUT2D eigenvalue weighted by Gasteiger charge is -2.11. The fourth-order valence-electron chi connectivity index (χ4n) is 3.22. The Bertz CT molecular complexity index is 1100. The topological polar surface area (TPSA) is 82.4 Å². The Morgan fingerprint density at radius 2 is 2.07 bits per heavy atom. The first-order valence-electron chi connectivity index (χ1n) is 9.04. The maximum atomic E-state index is 4.29. The van der Waals surface area contributed by atoms with Crippen LogP contribution in [0.4, 0.5) is 0 Å². The molecule has 0 aliphatic carbocycles. The van der Waals surface area contributed by atoms with E-state index in [-0.39, 0.29) is 24.0 Å². The zero-order valence-electron chi connectivity index (χ0n) is 15.9. The predicted molar refractivity (Wildman–Crippen MR) is 123 cm³/mol. The first-order valence-corrected chi connectivity index (χ1v) is 9.04. The van der Waals surface area contributed by atoms with Crippen LogP contribution in [0.1, 0.15) is 17.0 Å². The number of hydrogen-bond donors (Lipinski definition) is 3. The van der Waals surface area contributed by atoms with E-state index in [0.29, 0.717) is 6.54 Å². The minimum Gasteiger partial charge on any atom is -0.361 e. The van der Waals surface area contributed by atoms with Crippen molar-refractivity contribution in [2.45, 2.75) is 19.9 Å². The number of aryl methyl sites for hydroxylation is 1. The number of benzene rings is 1. The van der Waals surface area contributed by atoms with Gasteiger partial charge in [-0.1, -0.05) is 18.2 Å². The quantitative estimate of drug-likeness (QED) is 0.229. The molecule has 0 atom stereocenters. The van der Waals surface area contributed by atoms with E-state index in [0.717, 1.165) is 30.4 Å². The summed E-state index contributed by atoms with van der Waals surface area (Å²) < 4.78 is 1.97. The Labute approximate surface area is 180 Å². The van der Waals surface area contributed by atoms with E-state index >= 15 is 0 Å². The van der Waals surface area contributed by atoms with Crippen molar-refractivity contribution < 1.29 is 0 Å². The van der Waals surface area contributed by atoms with Gasteiger partial charge in [0.1, 0.15) is 0 Å². The van der Waals surface area contributed by atoms with Gasteiger partial charge in [-0.05, 0) is 42.7 Å². The highest BCUT2D eigenvalue weighted by Gasteiger charge is 2.07. The number of aromatic amines is 1. The Balaban J connectivity index is 0.00000225. The molecule has 3 heterocycles. The normalized spacial score (nSPS) is 11.6. The van der Waals surface area contributed by atoms with E-state index < -0.39 is 0 Å². The average Bonchev–Trinajstić information content (AvgIpc) is 3.28. The molecular weight excluding hydrogens is 465 g/mol. The van der Waals surface area contributed by atoms with Crippen molar-refractivity contribution in [2.75, 3.05) is 13.6 Å². The van der Waals surface area contributed by atoms with Crippen LogP contribution < -0.4 is 10.6 Å². The highest BCUT2D eigenvalue weighted by atomic mass is 127. The molecule has 0 aliphatic rings. The van der Waals surface area contributed by atoms with Crippen LogP contribution in [0.5, 0.6) is 0 Å². The molecule has 3 N–H and O–H groups in total. The van der Waals surface area contributed by atoms with Gasteiger partial charge in [0.25, 0.3) is 0 Å². The van der Waals surface area contributed by atoms with Crippen molar-refractivity contribution in [2.24, 2.45) is 4.99 Å². The van der Waals surface area contributed by atoms with Gasteiger partial charge in [0.15, 0.2) is 17.4 Å². The van der Waals surface area contributed by atoms with Gasteiger partial charge >= 0.3 is 0 Å². The van der Waals surface area contributed by atoms with Crippen LogP contribution in [0.25, 0.3) is 16.6 Å². The summed E-state index contributed by atoms with van der Waals surface area (Å²) in [6.45, 7) is 3.45. The van der Waals surface area contributed by atoms with Gasteiger partial charge in [-0.25, -0.2) is 0 Å². The van der Waals surface area contributed by atoms with Gasteiger partial charge in [-0.15, -0.1) is 34.2 Å². The molecule has 0 unspecified atom stereocenters. The molecule has 3 aromatic heterocycles. The number of guanidine groups is 1. The number of pyridine rings is 1. The Hall–Kier alpha value is -2.62. The molecule has 28 heavy (non-hydrogen) atoms. The number of hydrogen-bond acceptors (Lipinski definition) is 3. The highest BCUT2D eigenvalue weighted by molar-refractivity contribution is 14.0.